The van der Waals surface area contributed by atoms with Crippen LogP contribution >= 0.6 is 0 Å². The molecule has 2 rings (SSSR count). The van der Waals surface area contributed by atoms with Crippen LogP contribution in [0.2, 0.25) is 0 Å². The molecular formula is C13H16N2O3. The number of nitrogens with one attached hydrogen (secondary N) is 1. The van der Waals surface area contributed by atoms with Crippen molar-refractivity contribution in [2.75, 3.05) is 25.1 Å². The van der Waals surface area contributed by atoms with Crippen molar-refractivity contribution in [1.82, 2.24) is 5.32 Å². The highest BCUT2D eigenvalue weighted by atomic mass is 16.6. The summed E-state index contributed by atoms with van der Waals surface area (Å²) in [6.07, 6.45) is -0.365. The Kier molecular flexibility index (Phi) is 3.62. The Bertz CT molecular complexity index is 473. The Balaban J connectivity index is 2.31. The van der Waals surface area contributed by atoms with Gasteiger partial charge in [-0.1, -0.05) is 12.1 Å². The first-order chi connectivity index (χ1) is 8.63. The molecule has 1 fully saturated rings. The fourth-order valence-corrected chi connectivity index (χ4v) is 2.04. The number of carbonyl (C=O) groups excluding carboxylic acids is 2. The van der Waals surface area contributed by atoms with E-state index in [4.69, 9.17) is 4.74 Å². The zero-order chi connectivity index (χ0) is 13.1. The summed E-state index contributed by atoms with van der Waals surface area (Å²) in [5.41, 5.74) is 1.29. The van der Waals surface area contributed by atoms with Gasteiger partial charge in [0.15, 0.2) is 5.78 Å². The average Bonchev–Trinajstić information content (AvgIpc) is 2.71. The Labute approximate surface area is 106 Å². The van der Waals surface area contributed by atoms with E-state index in [1.165, 1.54) is 6.92 Å². The number of likely N-dealkylation sites (N-methyl/N-ethyl adjacent to an activating group) is 1. The summed E-state index contributed by atoms with van der Waals surface area (Å²) in [7, 11) is 1.83. The van der Waals surface area contributed by atoms with Gasteiger partial charge in [-0.25, -0.2) is 4.79 Å². The molecule has 96 valence electrons. The number of hydrogen-bond acceptors (Lipinski definition) is 4. The van der Waals surface area contributed by atoms with Crippen LogP contribution in [0, 0.1) is 0 Å². The van der Waals surface area contributed by atoms with Gasteiger partial charge < -0.3 is 10.1 Å². The van der Waals surface area contributed by atoms with Crippen molar-refractivity contribution in [2.45, 2.75) is 13.0 Å². The van der Waals surface area contributed by atoms with Gasteiger partial charge in [-0.3, -0.25) is 9.69 Å². The zero-order valence-electron chi connectivity index (χ0n) is 10.5. The molecular weight excluding hydrogens is 232 g/mol. The highest BCUT2D eigenvalue weighted by Gasteiger charge is 2.33. The molecule has 0 spiro atoms. The average molecular weight is 248 g/mol. The van der Waals surface area contributed by atoms with Crippen LogP contribution in [0.1, 0.15) is 17.3 Å². The number of cyclic esters (lactones) is 1. The fourth-order valence-electron chi connectivity index (χ4n) is 2.04. The molecule has 18 heavy (non-hydrogen) atoms. The lowest BCUT2D eigenvalue weighted by molar-refractivity contribution is 0.101. The van der Waals surface area contributed by atoms with Crippen molar-refractivity contribution in [1.29, 1.82) is 0 Å². The van der Waals surface area contributed by atoms with E-state index in [0.29, 0.717) is 24.4 Å². The number of carbonyl (C=O) groups is 2. The second-order valence-electron chi connectivity index (χ2n) is 4.26. The molecule has 0 saturated carbocycles. The molecule has 1 unspecified atom stereocenters. The Morgan fingerprint density at radius 2 is 2.33 bits per heavy atom. The molecule has 5 nitrogen and oxygen atoms in total. The van der Waals surface area contributed by atoms with E-state index in [-0.39, 0.29) is 17.9 Å². The Morgan fingerprint density at radius 1 is 1.56 bits per heavy atom. The molecule has 1 atom stereocenters. The van der Waals surface area contributed by atoms with Gasteiger partial charge in [0.25, 0.3) is 0 Å². The molecule has 1 amide bonds. The first kappa shape index (κ1) is 12.6. The molecule has 1 aliphatic rings. The van der Waals surface area contributed by atoms with Crippen LogP contribution in [0.15, 0.2) is 24.3 Å². The zero-order valence-corrected chi connectivity index (χ0v) is 10.5. The normalized spacial score (nSPS) is 18.9. The lowest BCUT2D eigenvalue weighted by Gasteiger charge is -2.21. The standard InChI is InChI=1S/C13H16N2O3/c1-9(16)10-4-3-5-11(6-10)15-12(7-14-2)8-18-13(15)17/h3-6,12,14H,7-8H2,1-2H3. The lowest BCUT2D eigenvalue weighted by Crippen LogP contribution is -2.40. The molecule has 1 aromatic rings. The van der Waals surface area contributed by atoms with Gasteiger partial charge in [-0.15, -0.1) is 0 Å². The molecule has 0 aromatic heterocycles. The molecule has 0 bridgehead atoms. The van der Waals surface area contributed by atoms with Gasteiger partial charge in [0.1, 0.15) is 6.61 Å². The summed E-state index contributed by atoms with van der Waals surface area (Å²) in [6, 6.07) is 7.00. The van der Waals surface area contributed by atoms with Gasteiger partial charge in [0.05, 0.1) is 6.04 Å². The number of hydrogen-bond donors (Lipinski definition) is 1. The van der Waals surface area contributed by atoms with E-state index in [0.717, 1.165) is 0 Å². The predicted octanol–water partition coefficient (Wildman–Crippen LogP) is 1.43. The van der Waals surface area contributed by atoms with Crippen molar-refractivity contribution in [3.05, 3.63) is 29.8 Å². The van der Waals surface area contributed by atoms with E-state index >= 15 is 0 Å². The lowest BCUT2D eigenvalue weighted by atomic mass is 10.1. The minimum Gasteiger partial charge on any atom is -0.447 e. The minimum atomic E-state index is -0.365. The molecule has 1 aliphatic heterocycles. The third kappa shape index (κ3) is 2.36. The van der Waals surface area contributed by atoms with Crippen LogP contribution < -0.4 is 10.2 Å². The topological polar surface area (TPSA) is 58.6 Å². The van der Waals surface area contributed by atoms with Crippen LogP contribution in [-0.2, 0) is 4.74 Å². The van der Waals surface area contributed by atoms with E-state index in [1.807, 2.05) is 13.1 Å². The summed E-state index contributed by atoms with van der Waals surface area (Å²) < 4.78 is 5.05. The first-order valence-electron chi connectivity index (χ1n) is 5.85. The van der Waals surface area contributed by atoms with Crippen LogP contribution in [0.3, 0.4) is 0 Å². The van der Waals surface area contributed by atoms with Crippen LogP contribution in [0.4, 0.5) is 10.5 Å². The van der Waals surface area contributed by atoms with E-state index in [1.54, 1.807) is 23.1 Å². The maximum Gasteiger partial charge on any atom is 0.414 e. The van der Waals surface area contributed by atoms with E-state index < -0.39 is 0 Å². The van der Waals surface area contributed by atoms with Crippen molar-refractivity contribution in [3.8, 4) is 0 Å². The largest absolute Gasteiger partial charge is 0.447 e. The number of ketones is 1. The highest BCUT2D eigenvalue weighted by Crippen LogP contribution is 2.24. The molecule has 0 aliphatic carbocycles. The van der Waals surface area contributed by atoms with Gasteiger partial charge in [0, 0.05) is 17.8 Å². The van der Waals surface area contributed by atoms with Crippen molar-refractivity contribution < 1.29 is 14.3 Å². The van der Waals surface area contributed by atoms with Crippen molar-refractivity contribution in [2.24, 2.45) is 0 Å². The molecule has 0 radical (unpaired) electrons. The number of amides is 1. The molecule has 1 heterocycles. The van der Waals surface area contributed by atoms with Gasteiger partial charge in [0.2, 0.25) is 0 Å². The number of anilines is 1. The Hall–Kier alpha value is -1.88. The monoisotopic (exact) mass is 248 g/mol. The first-order valence-corrected chi connectivity index (χ1v) is 5.85. The molecule has 5 heteroatoms. The van der Waals surface area contributed by atoms with Gasteiger partial charge in [-0.05, 0) is 26.1 Å². The smallest absolute Gasteiger partial charge is 0.414 e. The van der Waals surface area contributed by atoms with Crippen molar-refractivity contribution >= 4 is 17.6 Å². The summed E-state index contributed by atoms with van der Waals surface area (Å²) in [4.78, 5) is 24.7. The Morgan fingerprint density at radius 3 is 3.00 bits per heavy atom. The van der Waals surface area contributed by atoms with E-state index in [9.17, 15) is 9.59 Å². The predicted molar refractivity (Wildman–Crippen MR) is 68.0 cm³/mol. The maximum absolute atomic E-state index is 11.7. The minimum absolute atomic E-state index is 0.0189. The van der Waals surface area contributed by atoms with Crippen LogP contribution in [0.5, 0.6) is 0 Å². The van der Waals surface area contributed by atoms with Crippen molar-refractivity contribution in [3.63, 3.8) is 0 Å². The number of Topliss-reactive ketones (excluding diaryl/α,β-unsaturated/α-hetero) is 1. The van der Waals surface area contributed by atoms with Gasteiger partial charge in [-0.2, -0.15) is 0 Å². The quantitative estimate of drug-likeness (QED) is 0.819. The number of rotatable bonds is 4. The summed E-state index contributed by atoms with van der Waals surface area (Å²) in [5.74, 6) is -0.0189. The fraction of sp³-hybridized carbons (Fsp3) is 0.385. The second kappa shape index (κ2) is 5.18. The third-order valence-corrected chi connectivity index (χ3v) is 2.93. The summed E-state index contributed by atoms with van der Waals surface area (Å²) in [5, 5.41) is 3.03. The SMILES string of the molecule is CNCC1COC(=O)N1c1cccc(C(C)=O)c1. The summed E-state index contributed by atoms with van der Waals surface area (Å²) in [6.45, 7) is 2.52. The highest BCUT2D eigenvalue weighted by molar-refractivity contribution is 5.97. The van der Waals surface area contributed by atoms with Gasteiger partial charge >= 0.3 is 6.09 Å². The maximum atomic E-state index is 11.7. The molecule has 1 saturated heterocycles. The van der Waals surface area contributed by atoms with E-state index in [2.05, 4.69) is 5.32 Å². The number of benzene rings is 1. The second-order valence-corrected chi connectivity index (χ2v) is 4.26. The summed E-state index contributed by atoms with van der Waals surface area (Å²) >= 11 is 0. The molecule has 1 aromatic carbocycles. The van der Waals surface area contributed by atoms with Crippen LogP contribution in [-0.4, -0.2) is 38.1 Å². The van der Waals surface area contributed by atoms with Crippen LogP contribution in [0.25, 0.3) is 0 Å². The number of ether oxygens (including phenoxy) is 1. The molecule has 1 N–H and O–H groups in total. The number of nitrogens with zero attached hydrogens (tertiary/aromatic N) is 1. The third-order valence-electron chi connectivity index (χ3n) is 2.93.